The second kappa shape index (κ2) is 10.4. The summed E-state index contributed by atoms with van der Waals surface area (Å²) in [5.74, 6) is 5.38. The van der Waals surface area contributed by atoms with Crippen molar-refractivity contribution in [1.82, 2.24) is 39.7 Å². The average Bonchev–Trinajstić information content (AvgIpc) is 3.66. The monoisotopic (exact) mass is 513 g/mol. The van der Waals surface area contributed by atoms with Crippen LogP contribution in [0.5, 0.6) is 0 Å². The molecular formula is C26H27N9O3. The fourth-order valence-electron chi connectivity index (χ4n) is 5.04. The lowest BCUT2D eigenvalue weighted by molar-refractivity contribution is 0.0659. The molecule has 1 fully saturated rings. The van der Waals surface area contributed by atoms with Crippen molar-refractivity contribution in [3.8, 4) is 23.0 Å². The predicted octanol–water partition coefficient (Wildman–Crippen LogP) is 1.66. The van der Waals surface area contributed by atoms with Gasteiger partial charge in [-0.3, -0.25) is 14.7 Å². The third kappa shape index (κ3) is 4.59. The Morgan fingerprint density at radius 3 is 2.76 bits per heavy atom. The molecule has 0 radical (unpaired) electrons. The molecule has 12 heteroatoms. The number of aromatic nitrogens is 7. The molecule has 5 rings (SSSR count). The van der Waals surface area contributed by atoms with Gasteiger partial charge in [0, 0.05) is 29.4 Å². The van der Waals surface area contributed by atoms with Crippen molar-refractivity contribution < 1.29 is 14.7 Å². The van der Waals surface area contributed by atoms with Crippen molar-refractivity contribution in [3.05, 3.63) is 53.6 Å². The molecule has 1 aliphatic rings. The third-order valence-corrected chi connectivity index (χ3v) is 6.83. The number of aliphatic hydroxyl groups excluding tert-OH is 1. The van der Waals surface area contributed by atoms with Gasteiger partial charge in [-0.2, -0.15) is 14.7 Å². The number of amides is 1. The second-order valence-electron chi connectivity index (χ2n) is 9.23. The van der Waals surface area contributed by atoms with Gasteiger partial charge in [0.1, 0.15) is 24.4 Å². The lowest BCUT2D eigenvalue weighted by atomic mass is 10.0. The molecule has 4 aromatic rings. The predicted molar refractivity (Wildman–Crippen MR) is 138 cm³/mol. The largest absolute Gasteiger partial charge is 0.384 e. The highest BCUT2D eigenvalue weighted by Crippen LogP contribution is 2.31. The molecule has 0 saturated carbocycles. The molecule has 0 unspecified atom stereocenters. The Bertz CT molecular complexity index is 1550. The fourth-order valence-corrected chi connectivity index (χ4v) is 5.04. The van der Waals surface area contributed by atoms with Crippen LogP contribution in [0.3, 0.4) is 0 Å². The zero-order chi connectivity index (χ0) is 26.8. The summed E-state index contributed by atoms with van der Waals surface area (Å²) in [5, 5.41) is 19.7. The van der Waals surface area contributed by atoms with Gasteiger partial charge in [-0.05, 0) is 57.6 Å². The SMILES string of the molecule is CC(=O)c1c(CC[C@H]2CC[C@@H](C)N2C(=O)c2ncn[nH]2)nc2c(-c3ccc(C#CCO)nc3)cnn2c1N. The van der Waals surface area contributed by atoms with E-state index in [0.717, 1.165) is 18.4 Å². The van der Waals surface area contributed by atoms with E-state index >= 15 is 0 Å². The number of aliphatic hydroxyl groups is 1. The maximum absolute atomic E-state index is 13.1. The molecule has 0 spiro atoms. The van der Waals surface area contributed by atoms with E-state index < -0.39 is 0 Å². The van der Waals surface area contributed by atoms with E-state index in [0.29, 0.717) is 41.0 Å². The number of nitrogens with one attached hydrogen (secondary N) is 1. The van der Waals surface area contributed by atoms with E-state index in [2.05, 4.69) is 37.1 Å². The molecule has 0 aromatic carbocycles. The zero-order valence-corrected chi connectivity index (χ0v) is 21.0. The van der Waals surface area contributed by atoms with E-state index in [9.17, 15) is 9.59 Å². The van der Waals surface area contributed by atoms with Crippen LogP contribution in [-0.2, 0) is 6.42 Å². The summed E-state index contributed by atoms with van der Waals surface area (Å²) in [6.07, 6.45) is 7.38. The van der Waals surface area contributed by atoms with Crippen LogP contribution in [0.4, 0.5) is 5.82 Å². The molecule has 0 aliphatic carbocycles. The van der Waals surface area contributed by atoms with Crippen molar-refractivity contribution in [1.29, 1.82) is 0 Å². The molecule has 0 bridgehead atoms. The van der Waals surface area contributed by atoms with Crippen LogP contribution in [0.1, 0.15) is 65.5 Å². The van der Waals surface area contributed by atoms with Crippen LogP contribution < -0.4 is 5.73 Å². The summed E-state index contributed by atoms with van der Waals surface area (Å²) in [6, 6.07) is 3.61. The quantitative estimate of drug-likeness (QED) is 0.256. The highest BCUT2D eigenvalue weighted by atomic mass is 16.2. The molecule has 5 heterocycles. The van der Waals surface area contributed by atoms with E-state index in [1.807, 2.05) is 17.9 Å². The van der Waals surface area contributed by atoms with Crippen molar-refractivity contribution in [2.75, 3.05) is 12.3 Å². The van der Waals surface area contributed by atoms with Crippen LogP contribution in [0.15, 0.2) is 30.9 Å². The van der Waals surface area contributed by atoms with Gasteiger partial charge >= 0.3 is 0 Å². The molecule has 4 N–H and O–H groups in total. The Kier molecular flexibility index (Phi) is 6.85. The lowest BCUT2D eigenvalue weighted by Gasteiger charge is -2.28. The number of rotatable bonds is 6. The first-order valence-corrected chi connectivity index (χ1v) is 12.3. The first kappa shape index (κ1) is 25.0. The number of aryl methyl sites for hydroxylation is 1. The van der Waals surface area contributed by atoms with Gasteiger partial charge in [0.25, 0.3) is 5.91 Å². The molecule has 1 aliphatic heterocycles. The number of carbonyl (C=O) groups is 2. The number of ketones is 1. The first-order chi connectivity index (χ1) is 18.4. The Morgan fingerprint density at radius 1 is 1.24 bits per heavy atom. The number of nitrogens with zero attached hydrogens (tertiary/aromatic N) is 7. The van der Waals surface area contributed by atoms with Crippen molar-refractivity contribution in [2.24, 2.45) is 0 Å². The number of carbonyl (C=O) groups excluding carboxylic acids is 2. The van der Waals surface area contributed by atoms with E-state index in [1.165, 1.54) is 17.8 Å². The summed E-state index contributed by atoms with van der Waals surface area (Å²) in [5.41, 5.74) is 9.84. The average molecular weight is 514 g/mol. The Balaban J connectivity index is 1.47. The molecule has 194 valence electrons. The molecule has 2 atom stereocenters. The molecule has 4 aromatic heterocycles. The Morgan fingerprint density at radius 2 is 2.08 bits per heavy atom. The highest BCUT2D eigenvalue weighted by Gasteiger charge is 2.36. The van der Waals surface area contributed by atoms with Crippen LogP contribution in [0.2, 0.25) is 0 Å². The minimum atomic E-state index is -0.242. The number of nitrogen functional groups attached to an aromatic ring is 1. The van der Waals surface area contributed by atoms with Crippen LogP contribution in [0, 0.1) is 11.8 Å². The minimum Gasteiger partial charge on any atom is -0.384 e. The zero-order valence-electron chi connectivity index (χ0n) is 21.0. The normalized spacial score (nSPS) is 17.0. The molecule has 1 amide bonds. The van der Waals surface area contributed by atoms with Gasteiger partial charge in [-0.25, -0.2) is 15.0 Å². The van der Waals surface area contributed by atoms with Gasteiger partial charge in [-0.15, -0.1) is 0 Å². The topological polar surface area (TPSA) is 168 Å². The Hall–Kier alpha value is -4.63. The molecule has 12 nitrogen and oxygen atoms in total. The van der Waals surface area contributed by atoms with E-state index in [-0.39, 0.29) is 42.0 Å². The van der Waals surface area contributed by atoms with Crippen molar-refractivity contribution in [3.63, 3.8) is 0 Å². The van der Waals surface area contributed by atoms with Crippen molar-refractivity contribution >= 4 is 23.2 Å². The maximum atomic E-state index is 13.1. The number of Topliss-reactive ketones (excluding diaryl/α,β-unsaturated/α-hetero) is 1. The first-order valence-electron chi connectivity index (χ1n) is 12.3. The number of fused-ring (bicyclic) bond motifs is 1. The maximum Gasteiger partial charge on any atom is 0.291 e. The lowest BCUT2D eigenvalue weighted by Crippen LogP contribution is -2.40. The van der Waals surface area contributed by atoms with Gasteiger partial charge in [0.15, 0.2) is 11.4 Å². The smallest absolute Gasteiger partial charge is 0.291 e. The number of nitrogens with two attached hydrogens (primary N) is 1. The second-order valence-corrected chi connectivity index (χ2v) is 9.23. The van der Waals surface area contributed by atoms with Crippen LogP contribution >= 0.6 is 0 Å². The summed E-state index contributed by atoms with van der Waals surface area (Å²) < 4.78 is 1.46. The molecular weight excluding hydrogens is 486 g/mol. The van der Waals surface area contributed by atoms with Crippen LogP contribution in [0.25, 0.3) is 16.8 Å². The summed E-state index contributed by atoms with van der Waals surface area (Å²) in [4.78, 5) is 40.7. The Labute approximate surface area is 218 Å². The number of hydrogen-bond donors (Lipinski definition) is 3. The minimum absolute atomic E-state index is 0.0391. The molecule has 38 heavy (non-hydrogen) atoms. The van der Waals surface area contributed by atoms with E-state index in [4.69, 9.17) is 15.8 Å². The number of anilines is 1. The van der Waals surface area contributed by atoms with Crippen molar-refractivity contribution in [2.45, 2.75) is 51.6 Å². The summed E-state index contributed by atoms with van der Waals surface area (Å²) >= 11 is 0. The van der Waals surface area contributed by atoms with Gasteiger partial charge in [0.2, 0.25) is 5.82 Å². The fraction of sp³-hybridized carbons (Fsp3) is 0.346. The number of hydrogen-bond acceptors (Lipinski definition) is 9. The summed E-state index contributed by atoms with van der Waals surface area (Å²) in [7, 11) is 0. The third-order valence-electron chi connectivity index (χ3n) is 6.83. The molecule has 1 saturated heterocycles. The standard InChI is InChI=1S/C26H27N9O3/c1-15-5-8-19(34(15)26(38)24-29-14-30-33-24)9-10-21-22(16(2)37)23(27)35-25(32-21)20(13-31-35)17-6-7-18(28-12-17)4-3-11-36/h6-7,12-15,19,36H,5,8-11,27H2,1-2H3,(H,29,30,33)/t15-,19-/m1/s1. The highest BCUT2D eigenvalue weighted by molar-refractivity contribution is 6.00. The van der Waals surface area contributed by atoms with Gasteiger partial charge in [0.05, 0.1) is 17.5 Å². The summed E-state index contributed by atoms with van der Waals surface area (Å²) in [6.45, 7) is 3.24. The number of pyridine rings is 1. The number of likely N-dealkylation sites (tertiary alicyclic amines) is 1. The van der Waals surface area contributed by atoms with E-state index in [1.54, 1.807) is 18.5 Å². The number of aromatic amines is 1. The number of H-pyrrole nitrogens is 1. The van der Waals surface area contributed by atoms with Gasteiger partial charge in [-0.1, -0.05) is 5.92 Å². The van der Waals surface area contributed by atoms with Gasteiger partial charge < -0.3 is 15.7 Å². The van der Waals surface area contributed by atoms with Crippen LogP contribution in [-0.4, -0.2) is 75.2 Å².